The number of anilines is 1. The minimum absolute atomic E-state index is 0.171. The van der Waals surface area contributed by atoms with Crippen molar-refractivity contribution in [3.05, 3.63) is 59.4 Å². The van der Waals surface area contributed by atoms with E-state index in [9.17, 15) is 4.79 Å². The van der Waals surface area contributed by atoms with E-state index >= 15 is 0 Å². The predicted octanol–water partition coefficient (Wildman–Crippen LogP) is 3.31. The molecule has 1 atom stereocenters. The van der Waals surface area contributed by atoms with Gasteiger partial charge in [0.15, 0.2) is 5.17 Å². The van der Waals surface area contributed by atoms with E-state index in [1.54, 1.807) is 24.2 Å². The number of rotatable bonds is 3. The minimum Gasteiger partial charge on any atom is -0.379 e. The van der Waals surface area contributed by atoms with Crippen LogP contribution in [-0.2, 0) is 5.54 Å². The maximum atomic E-state index is 12.4. The summed E-state index contributed by atoms with van der Waals surface area (Å²) in [5.74, 6) is 0.771. The second-order valence-electron chi connectivity index (χ2n) is 6.11. The highest BCUT2D eigenvalue weighted by Gasteiger charge is 2.29. The Kier molecular flexibility index (Phi) is 4.57. The minimum atomic E-state index is -0.346. The Balaban J connectivity index is 1.83. The number of aromatic nitrogens is 1. The van der Waals surface area contributed by atoms with Gasteiger partial charge in [-0.1, -0.05) is 23.9 Å². The first-order valence-corrected chi connectivity index (χ1v) is 8.76. The number of benzene rings is 1. The van der Waals surface area contributed by atoms with Gasteiger partial charge in [-0.05, 0) is 49.6 Å². The number of carbonyl (C=O) groups is 1. The van der Waals surface area contributed by atoms with Crippen molar-refractivity contribution in [3.63, 3.8) is 0 Å². The summed E-state index contributed by atoms with van der Waals surface area (Å²) in [6.07, 6.45) is 4.20. The molecule has 1 aromatic carbocycles. The average Bonchev–Trinajstić information content (AvgIpc) is 2.55. The summed E-state index contributed by atoms with van der Waals surface area (Å²) < 4.78 is 0. The van der Waals surface area contributed by atoms with Crippen LogP contribution in [0.15, 0.2) is 47.7 Å². The molecule has 0 saturated heterocycles. The highest BCUT2D eigenvalue weighted by Crippen LogP contribution is 2.35. The van der Waals surface area contributed by atoms with E-state index in [-0.39, 0.29) is 11.4 Å². The number of hydrogen-bond acceptors (Lipinski definition) is 5. The Labute approximate surface area is 145 Å². The van der Waals surface area contributed by atoms with Crippen molar-refractivity contribution in [3.8, 4) is 0 Å². The Bertz CT molecular complexity index is 805. The molecule has 0 radical (unpaired) electrons. The molecule has 0 bridgehead atoms. The summed E-state index contributed by atoms with van der Waals surface area (Å²) >= 11 is 1.58. The third-order valence-electron chi connectivity index (χ3n) is 4.08. The third-order valence-corrected chi connectivity index (χ3v) is 4.87. The highest BCUT2D eigenvalue weighted by molar-refractivity contribution is 8.13. The lowest BCUT2D eigenvalue weighted by Gasteiger charge is -2.30. The van der Waals surface area contributed by atoms with Crippen LogP contribution in [0.4, 0.5) is 5.69 Å². The van der Waals surface area contributed by atoms with Crippen LogP contribution in [0.3, 0.4) is 0 Å². The Morgan fingerprint density at radius 1 is 1.33 bits per heavy atom. The fourth-order valence-corrected chi connectivity index (χ4v) is 3.68. The van der Waals surface area contributed by atoms with Crippen LogP contribution in [0.2, 0.25) is 0 Å². The monoisotopic (exact) mass is 340 g/mol. The van der Waals surface area contributed by atoms with Gasteiger partial charge in [0, 0.05) is 23.8 Å². The predicted molar refractivity (Wildman–Crippen MR) is 99.4 cm³/mol. The van der Waals surface area contributed by atoms with E-state index in [0.29, 0.717) is 10.7 Å². The first kappa shape index (κ1) is 16.5. The molecule has 6 heteroatoms. The van der Waals surface area contributed by atoms with Gasteiger partial charge in [0.25, 0.3) is 5.91 Å². The number of nitrogens with zero attached hydrogens (tertiary/aromatic N) is 2. The smallest absolute Gasteiger partial charge is 0.257 e. The van der Waals surface area contributed by atoms with Crippen LogP contribution in [0.25, 0.3) is 0 Å². The van der Waals surface area contributed by atoms with Gasteiger partial charge < -0.3 is 11.1 Å². The first-order valence-electron chi connectivity index (χ1n) is 7.78. The Hall–Kier alpha value is -2.34. The van der Waals surface area contributed by atoms with Crippen molar-refractivity contribution in [1.82, 2.24) is 4.98 Å². The topological polar surface area (TPSA) is 80.4 Å². The third kappa shape index (κ3) is 3.59. The van der Waals surface area contributed by atoms with Crippen molar-refractivity contribution in [2.75, 3.05) is 11.1 Å². The number of aliphatic imine (C=N–C) groups is 1. The average molecular weight is 340 g/mol. The van der Waals surface area contributed by atoms with E-state index in [4.69, 9.17) is 5.73 Å². The zero-order valence-corrected chi connectivity index (χ0v) is 14.6. The molecule has 0 fully saturated rings. The number of carbonyl (C=O) groups excluding carboxylic acids is 1. The van der Waals surface area contributed by atoms with Gasteiger partial charge in [-0.3, -0.25) is 14.8 Å². The molecule has 0 spiro atoms. The number of hydrogen-bond donors (Lipinski definition) is 2. The second-order valence-corrected chi connectivity index (χ2v) is 7.22. The van der Waals surface area contributed by atoms with E-state index in [1.807, 2.05) is 37.3 Å². The summed E-state index contributed by atoms with van der Waals surface area (Å²) in [5.41, 5.74) is 8.83. The van der Waals surface area contributed by atoms with Crippen LogP contribution < -0.4 is 11.1 Å². The number of thioether (sulfide) groups is 1. The maximum absolute atomic E-state index is 12.4. The Morgan fingerprint density at radius 2 is 2.17 bits per heavy atom. The molecule has 5 nitrogen and oxygen atoms in total. The van der Waals surface area contributed by atoms with Gasteiger partial charge in [0.2, 0.25) is 0 Å². The van der Waals surface area contributed by atoms with E-state index < -0.39 is 0 Å². The summed E-state index contributed by atoms with van der Waals surface area (Å²) in [5, 5.41) is 3.54. The molecule has 2 aromatic rings. The lowest BCUT2D eigenvalue weighted by Crippen LogP contribution is -2.28. The van der Waals surface area contributed by atoms with Gasteiger partial charge in [-0.2, -0.15) is 0 Å². The van der Waals surface area contributed by atoms with E-state index in [0.717, 1.165) is 29.0 Å². The van der Waals surface area contributed by atoms with Gasteiger partial charge >= 0.3 is 0 Å². The summed E-state index contributed by atoms with van der Waals surface area (Å²) in [4.78, 5) is 21.1. The lowest BCUT2D eigenvalue weighted by molar-refractivity contribution is 0.102. The SMILES string of the molecule is Cc1cncc(C(=O)Nc2cccc(C3(C)CCSC(N)=N3)c2)c1. The van der Waals surface area contributed by atoms with Crippen LogP contribution in [0.5, 0.6) is 0 Å². The van der Waals surface area contributed by atoms with Crippen LogP contribution in [0, 0.1) is 6.92 Å². The number of amides is 1. The number of pyridine rings is 1. The molecule has 1 aliphatic heterocycles. The van der Waals surface area contributed by atoms with Crippen molar-refractivity contribution >= 4 is 28.5 Å². The zero-order chi connectivity index (χ0) is 17.2. The second kappa shape index (κ2) is 6.65. The largest absolute Gasteiger partial charge is 0.379 e. The first-order chi connectivity index (χ1) is 11.5. The summed E-state index contributed by atoms with van der Waals surface area (Å²) in [7, 11) is 0. The van der Waals surface area contributed by atoms with Gasteiger partial charge in [-0.25, -0.2) is 0 Å². The van der Waals surface area contributed by atoms with E-state index in [2.05, 4.69) is 22.2 Å². The molecule has 124 valence electrons. The molecule has 1 aliphatic rings. The molecule has 3 N–H and O–H groups in total. The summed E-state index contributed by atoms with van der Waals surface area (Å²) in [6.45, 7) is 3.99. The highest BCUT2D eigenvalue weighted by atomic mass is 32.2. The van der Waals surface area contributed by atoms with Crippen molar-refractivity contribution in [2.24, 2.45) is 10.7 Å². The molecule has 2 heterocycles. The zero-order valence-electron chi connectivity index (χ0n) is 13.7. The molecular weight excluding hydrogens is 320 g/mol. The molecule has 1 unspecified atom stereocenters. The van der Waals surface area contributed by atoms with Gasteiger partial charge in [0.05, 0.1) is 11.1 Å². The standard InChI is InChI=1S/C18H20N4OS/c1-12-8-13(11-20-10-12)16(23)21-15-5-3-4-14(9-15)18(2)6-7-24-17(19)22-18/h3-5,8-11H,6-7H2,1-2H3,(H2,19,22)(H,21,23). The number of aryl methyl sites for hydroxylation is 1. The van der Waals surface area contributed by atoms with E-state index in [1.165, 1.54) is 0 Å². The normalized spacial score (nSPS) is 20.3. The quantitative estimate of drug-likeness (QED) is 0.898. The molecular formula is C18H20N4OS. The van der Waals surface area contributed by atoms with Crippen molar-refractivity contribution in [2.45, 2.75) is 25.8 Å². The molecule has 1 amide bonds. The molecule has 24 heavy (non-hydrogen) atoms. The molecule has 0 aliphatic carbocycles. The fourth-order valence-electron chi connectivity index (χ4n) is 2.71. The van der Waals surface area contributed by atoms with Crippen LogP contribution in [0.1, 0.15) is 34.8 Å². The van der Waals surface area contributed by atoms with Crippen LogP contribution in [-0.4, -0.2) is 21.8 Å². The molecule has 1 aromatic heterocycles. The fraction of sp³-hybridized carbons (Fsp3) is 0.278. The lowest BCUT2D eigenvalue weighted by atomic mass is 9.89. The number of nitrogens with one attached hydrogen (secondary N) is 1. The van der Waals surface area contributed by atoms with Gasteiger partial charge in [-0.15, -0.1) is 0 Å². The van der Waals surface area contributed by atoms with Gasteiger partial charge in [0.1, 0.15) is 0 Å². The number of amidine groups is 1. The Morgan fingerprint density at radius 3 is 2.92 bits per heavy atom. The molecule has 3 rings (SSSR count). The summed E-state index contributed by atoms with van der Waals surface area (Å²) in [6, 6.07) is 9.61. The van der Waals surface area contributed by atoms with Crippen molar-refractivity contribution in [1.29, 1.82) is 0 Å². The maximum Gasteiger partial charge on any atom is 0.257 e. The number of nitrogens with two attached hydrogens (primary N) is 1. The molecule has 0 saturated carbocycles. The van der Waals surface area contributed by atoms with Crippen LogP contribution >= 0.6 is 11.8 Å². The van der Waals surface area contributed by atoms with Crippen molar-refractivity contribution < 1.29 is 4.79 Å².